The fraction of sp³-hybridized carbons (Fsp3) is 0.593. The van der Waals surface area contributed by atoms with Gasteiger partial charge < -0.3 is 36.1 Å². The van der Waals surface area contributed by atoms with E-state index >= 15 is 0 Å². The first-order valence-electron chi connectivity index (χ1n) is 12.8. The van der Waals surface area contributed by atoms with Gasteiger partial charge in [-0.25, -0.2) is 4.79 Å². The standard InChI is InChI=1S/C27H43N5O7/c1-17(2)23(31-21(34)13-27(6,7)39-16-26(4,5)32-18(3)33)24(36)29-14-22(35)30-20-11-9-19(10-12-20)15-38-25(37)28-8/h9-12,17,23H,13-16H2,1-8H3,(H,28,37)(H,29,36)(H,30,35)(H,31,34)(H,32,33). The Kier molecular flexibility index (Phi) is 12.9. The van der Waals surface area contributed by atoms with Crippen molar-refractivity contribution in [1.82, 2.24) is 21.3 Å². The van der Waals surface area contributed by atoms with E-state index < -0.39 is 35.1 Å². The van der Waals surface area contributed by atoms with Crippen LogP contribution in [0.15, 0.2) is 24.3 Å². The smallest absolute Gasteiger partial charge is 0.407 e. The molecule has 0 aromatic heterocycles. The lowest BCUT2D eigenvalue weighted by atomic mass is 10.00. The number of alkyl carbamates (subject to hydrolysis) is 1. The van der Waals surface area contributed by atoms with E-state index in [4.69, 9.17) is 9.47 Å². The molecule has 5 N–H and O–H groups in total. The molecule has 218 valence electrons. The summed E-state index contributed by atoms with van der Waals surface area (Å²) in [5.74, 6) is -1.72. The summed E-state index contributed by atoms with van der Waals surface area (Å²) in [6.45, 7) is 12.2. The molecule has 0 aliphatic carbocycles. The molecular weight excluding hydrogens is 506 g/mol. The molecule has 0 saturated carbocycles. The molecule has 0 heterocycles. The van der Waals surface area contributed by atoms with E-state index in [1.54, 1.807) is 52.0 Å². The zero-order valence-electron chi connectivity index (χ0n) is 24.2. The molecule has 1 atom stereocenters. The van der Waals surface area contributed by atoms with E-state index in [0.717, 1.165) is 5.56 Å². The monoisotopic (exact) mass is 549 g/mol. The van der Waals surface area contributed by atoms with Crippen LogP contribution in [0.25, 0.3) is 0 Å². The molecule has 12 nitrogen and oxygen atoms in total. The van der Waals surface area contributed by atoms with Crippen molar-refractivity contribution in [2.45, 2.75) is 78.7 Å². The molecule has 0 fully saturated rings. The highest BCUT2D eigenvalue weighted by Gasteiger charge is 2.30. The largest absolute Gasteiger partial charge is 0.445 e. The maximum absolute atomic E-state index is 12.8. The Morgan fingerprint density at radius 2 is 1.56 bits per heavy atom. The van der Waals surface area contributed by atoms with Crippen molar-refractivity contribution in [1.29, 1.82) is 0 Å². The van der Waals surface area contributed by atoms with Gasteiger partial charge in [-0.2, -0.15) is 0 Å². The highest BCUT2D eigenvalue weighted by atomic mass is 16.5. The minimum absolute atomic E-state index is 0.00963. The molecule has 1 rings (SSSR count). The van der Waals surface area contributed by atoms with E-state index in [2.05, 4.69) is 26.6 Å². The van der Waals surface area contributed by atoms with Crippen molar-refractivity contribution in [3.8, 4) is 0 Å². The summed E-state index contributed by atoms with van der Waals surface area (Å²) in [5.41, 5.74) is -0.202. The normalized spacial score (nSPS) is 12.2. The summed E-state index contributed by atoms with van der Waals surface area (Å²) in [6, 6.07) is 5.86. The SMILES string of the molecule is CNC(=O)OCc1ccc(NC(=O)CNC(=O)C(NC(=O)CC(C)(C)OCC(C)(C)NC(C)=O)C(C)C)cc1. The predicted molar refractivity (Wildman–Crippen MR) is 147 cm³/mol. The lowest BCUT2D eigenvalue weighted by Crippen LogP contribution is -2.52. The molecule has 39 heavy (non-hydrogen) atoms. The predicted octanol–water partition coefficient (Wildman–Crippen LogP) is 1.84. The number of anilines is 1. The number of rotatable bonds is 14. The van der Waals surface area contributed by atoms with E-state index in [1.807, 2.05) is 13.8 Å². The minimum atomic E-state index is -0.850. The van der Waals surface area contributed by atoms with Gasteiger partial charge in [0, 0.05) is 19.7 Å². The van der Waals surface area contributed by atoms with Crippen LogP contribution in [0.4, 0.5) is 10.5 Å². The van der Waals surface area contributed by atoms with Crippen LogP contribution < -0.4 is 26.6 Å². The van der Waals surface area contributed by atoms with Gasteiger partial charge in [-0.05, 0) is 51.3 Å². The molecule has 0 aliphatic heterocycles. The van der Waals surface area contributed by atoms with E-state index in [0.29, 0.717) is 5.69 Å². The van der Waals surface area contributed by atoms with Crippen molar-refractivity contribution in [2.75, 3.05) is 25.5 Å². The number of carbonyl (C=O) groups is 5. The molecule has 0 radical (unpaired) electrons. The maximum atomic E-state index is 12.8. The quantitative estimate of drug-likeness (QED) is 0.236. The van der Waals surface area contributed by atoms with Gasteiger partial charge in [-0.3, -0.25) is 19.2 Å². The van der Waals surface area contributed by atoms with E-state index in [9.17, 15) is 24.0 Å². The topological polar surface area (TPSA) is 164 Å². The summed E-state index contributed by atoms with van der Waals surface area (Å²) in [5, 5.41) is 13.1. The zero-order chi connectivity index (χ0) is 29.8. The van der Waals surface area contributed by atoms with Gasteiger partial charge in [-0.15, -0.1) is 0 Å². The third-order valence-corrected chi connectivity index (χ3v) is 5.42. The number of amides is 5. The van der Waals surface area contributed by atoms with Crippen LogP contribution in [-0.4, -0.2) is 67.1 Å². The number of benzene rings is 1. The first-order valence-corrected chi connectivity index (χ1v) is 12.8. The average Bonchev–Trinajstić information content (AvgIpc) is 2.83. The molecular formula is C27H43N5O7. The first kappa shape index (κ1) is 33.4. The molecule has 12 heteroatoms. The number of hydrogen-bond acceptors (Lipinski definition) is 7. The van der Waals surface area contributed by atoms with Crippen molar-refractivity contribution in [2.24, 2.45) is 5.92 Å². The molecule has 0 bridgehead atoms. The van der Waals surface area contributed by atoms with Crippen LogP contribution in [-0.2, 0) is 35.3 Å². The van der Waals surface area contributed by atoms with Crippen LogP contribution >= 0.6 is 0 Å². The number of carbonyl (C=O) groups excluding carboxylic acids is 5. The Bertz CT molecular complexity index is 1010. The molecule has 1 unspecified atom stereocenters. The van der Waals surface area contributed by atoms with E-state index in [1.165, 1.54) is 14.0 Å². The van der Waals surface area contributed by atoms with Crippen LogP contribution in [0.3, 0.4) is 0 Å². The van der Waals surface area contributed by atoms with Gasteiger partial charge in [0.2, 0.25) is 23.6 Å². The van der Waals surface area contributed by atoms with Crippen molar-refractivity contribution in [3.05, 3.63) is 29.8 Å². The Morgan fingerprint density at radius 1 is 0.949 bits per heavy atom. The van der Waals surface area contributed by atoms with Gasteiger partial charge in [-0.1, -0.05) is 26.0 Å². The number of ether oxygens (including phenoxy) is 2. The molecule has 5 amide bonds. The lowest BCUT2D eigenvalue weighted by Gasteiger charge is -2.32. The van der Waals surface area contributed by atoms with Gasteiger partial charge in [0.1, 0.15) is 12.6 Å². The summed E-state index contributed by atoms with van der Waals surface area (Å²) >= 11 is 0. The van der Waals surface area contributed by atoms with Gasteiger partial charge >= 0.3 is 6.09 Å². The van der Waals surface area contributed by atoms with E-state index in [-0.39, 0.29) is 43.9 Å². The third-order valence-electron chi connectivity index (χ3n) is 5.42. The highest BCUT2D eigenvalue weighted by Crippen LogP contribution is 2.18. The molecule has 0 spiro atoms. The fourth-order valence-corrected chi connectivity index (χ4v) is 3.47. The number of nitrogens with one attached hydrogen (secondary N) is 5. The van der Waals surface area contributed by atoms with Gasteiger partial charge in [0.05, 0.1) is 30.7 Å². The second-order valence-electron chi connectivity index (χ2n) is 10.9. The molecule has 1 aromatic rings. The zero-order valence-corrected chi connectivity index (χ0v) is 24.2. The van der Waals surface area contributed by atoms with Crippen LogP contribution in [0.2, 0.25) is 0 Å². The molecule has 0 saturated heterocycles. The van der Waals surface area contributed by atoms with Crippen LogP contribution in [0.1, 0.15) is 60.5 Å². The summed E-state index contributed by atoms with van der Waals surface area (Å²) < 4.78 is 10.8. The second kappa shape index (κ2) is 15.1. The third kappa shape index (κ3) is 13.6. The molecule has 1 aromatic carbocycles. The second-order valence-corrected chi connectivity index (χ2v) is 10.9. The molecule has 0 aliphatic rings. The Labute approximate surface area is 230 Å². The number of hydrogen-bond donors (Lipinski definition) is 5. The summed E-state index contributed by atoms with van der Waals surface area (Å²) in [7, 11) is 1.47. The van der Waals surface area contributed by atoms with Gasteiger partial charge in [0.25, 0.3) is 0 Å². The highest BCUT2D eigenvalue weighted by molar-refractivity contribution is 5.96. The Morgan fingerprint density at radius 3 is 2.10 bits per heavy atom. The van der Waals surface area contributed by atoms with Crippen LogP contribution in [0, 0.1) is 5.92 Å². The summed E-state index contributed by atoms with van der Waals surface area (Å²) in [4.78, 5) is 60.4. The fourth-order valence-electron chi connectivity index (χ4n) is 3.47. The Balaban J connectivity index is 2.58. The van der Waals surface area contributed by atoms with Crippen molar-refractivity contribution in [3.63, 3.8) is 0 Å². The minimum Gasteiger partial charge on any atom is -0.445 e. The summed E-state index contributed by atoms with van der Waals surface area (Å²) in [6.07, 6.45) is -0.552. The lowest BCUT2D eigenvalue weighted by molar-refractivity contribution is -0.135. The maximum Gasteiger partial charge on any atom is 0.407 e. The average molecular weight is 550 g/mol. The van der Waals surface area contributed by atoms with Crippen molar-refractivity contribution < 1.29 is 33.4 Å². The van der Waals surface area contributed by atoms with Crippen molar-refractivity contribution >= 4 is 35.4 Å². The first-order chi connectivity index (χ1) is 18.0. The Hall–Kier alpha value is -3.67. The van der Waals surface area contributed by atoms with Crippen LogP contribution in [0.5, 0.6) is 0 Å². The van der Waals surface area contributed by atoms with Gasteiger partial charge in [0.15, 0.2) is 0 Å².